The number of aromatic nitrogens is 1. The number of amides is 2. The number of aliphatic carboxylic acids is 1. The molecule has 2 unspecified atom stereocenters. The van der Waals surface area contributed by atoms with Crippen LogP contribution in [0.4, 0.5) is 23.2 Å². The van der Waals surface area contributed by atoms with Gasteiger partial charge in [0.1, 0.15) is 24.4 Å². The molecule has 196 valence electrons. The zero-order valence-corrected chi connectivity index (χ0v) is 19.1. The summed E-state index contributed by atoms with van der Waals surface area (Å²) in [4.78, 5) is 48.1. The van der Waals surface area contributed by atoms with Crippen molar-refractivity contribution in [3.8, 4) is 5.75 Å². The Labute approximate surface area is 201 Å². The van der Waals surface area contributed by atoms with Crippen LogP contribution in [0.2, 0.25) is 0 Å². The fourth-order valence-electron chi connectivity index (χ4n) is 3.26. The van der Waals surface area contributed by atoms with E-state index in [1.807, 2.05) is 0 Å². The molecule has 4 N–H and O–H groups in total. The standard InChI is InChI=1S/C22H23F4N3O7/c1-3-15(29-6-4-5-13(22(29)35)27-10(2)30)21(34)28-14(8-17(32)33)16(31)9-36-20-18(25)11(23)7-12(24)19(20)26/h4-7,14-16,31H,3,8-9H2,1-2H3,(H,27,30)(H,28,34)(H,32,33)/t14?,15?,16-/m1/s1. The molecule has 2 amide bonds. The first kappa shape index (κ1) is 28.3. The lowest BCUT2D eigenvalue weighted by Crippen LogP contribution is -2.50. The number of aliphatic hydroxyl groups excluding tert-OH is 1. The molecule has 0 fully saturated rings. The third-order valence-electron chi connectivity index (χ3n) is 4.97. The monoisotopic (exact) mass is 517 g/mol. The minimum Gasteiger partial charge on any atom is -0.485 e. The van der Waals surface area contributed by atoms with Gasteiger partial charge in [-0.1, -0.05) is 6.92 Å². The number of benzene rings is 1. The van der Waals surface area contributed by atoms with Crippen molar-refractivity contribution in [2.75, 3.05) is 11.9 Å². The number of anilines is 1. The van der Waals surface area contributed by atoms with Crippen molar-refractivity contribution in [2.45, 2.75) is 44.9 Å². The first-order chi connectivity index (χ1) is 16.9. The van der Waals surface area contributed by atoms with Gasteiger partial charge in [0.15, 0.2) is 17.4 Å². The molecule has 0 bridgehead atoms. The molecule has 0 aliphatic carbocycles. The van der Waals surface area contributed by atoms with Crippen molar-refractivity contribution < 1.29 is 46.9 Å². The Kier molecular flexibility index (Phi) is 9.55. The number of nitrogens with one attached hydrogen (secondary N) is 2. The van der Waals surface area contributed by atoms with E-state index in [0.29, 0.717) is 0 Å². The highest BCUT2D eigenvalue weighted by atomic mass is 19.2. The molecule has 10 nitrogen and oxygen atoms in total. The Morgan fingerprint density at radius 2 is 1.75 bits per heavy atom. The largest absolute Gasteiger partial charge is 0.485 e. The molecule has 0 saturated heterocycles. The van der Waals surface area contributed by atoms with Gasteiger partial charge in [-0.05, 0) is 18.6 Å². The Balaban J connectivity index is 2.25. The van der Waals surface area contributed by atoms with Crippen LogP contribution in [0.5, 0.6) is 5.75 Å². The van der Waals surface area contributed by atoms with Crippen molar-refractivity contribution in [2.24, 2.45) is 0 Å². The molecule has 2 rings (SSSR count). The van der Waals surface area contributed by atoms with Crippen molar-refractivity contribution in [3.63, 3.8) is 0 Å². The smallest absolute Gasteiger partial charge is 0.305 e. The Morgan fingerprint density at radius 1 is 1.14 bits per heavy atom. The molecule has 0 radical (unpaired) electrons. The van der Waals surface area contributed by atoms with Gasteiger partial charge in [-0.15, -0.1) is 0 Å². The summed E-state index contributed by atoms with van der Waals surface area (Å²) in [6.45, 7) is 1.66. The van der Waals surface area contributed by atoms with E-state index in [2.05, 4.69) is 15.4 Å². The van der Waals surface area contributed by atoms with E-state index in [-0.39, 0.29) is 18.2 Å². The predicted molar refractivity (Wildman–Crippen MR) is 116 cm³/mol. The van der Waals surface area contributed by atoms with Gasteiger partial charge in [0, 0.05) is 19.2 Å². The average molecular weight is 517 g/mol. The third-order valence-corrected chi connectivity index (χ3v) is 4.97. The van der Waals surface area contributed by atoms with E-state index in [1.54, 1.807) is 0 Å². The highest BCUT2D eigenvalue weighted by Gasteiger charge is 2.30. The van der Waals surface area contributed by atoms with Crippen LogP contribution in [0.3, 0.4) is 0 Å². The Morgan fingerprint density at radius 3 is 2.28 bits per heavy atom. The predicted octanol–water partition coefficient (Wildman–Crippen LogP) is 1.71. The summed E-state index contributed by atoms with van der Waals surface area (Å²) < 4.78 is 59.9. The number of rotatable bonds is 11. The van der Waals surface area contributed by atoms with Crippen molar-refractivity contribution in [1.29, 1.82) is 0 Å². The molecule has 1 aromatic carbocycles. The molecule has 2 aromatic rings. The fraction of sp³-hybridized carbons (Fsp3) is 0.364. The number of aliphatic hydroxyl groups is 1. The fourth-order valence-corrected chi connectivity index (χ4v) is 3.26. The number of hydrogen-bond acceptors (Lipinski definition) is 6. The first-order valence-electron chi connectivity index (χ1n) is 10.5. The quantitative estimate of drug-likeness (QED) is 0.262. The number of hydrogen-bond donors (Lipinski definition) is 4. The molecule has 0 aliphatic heterocycles. The van der Waals surface area contributed by atoms with Crippen molar-refractivity contribution >= 4 is 23.5 Å². The van der Waals surface area contributed by atoms with Gasteiger partial charge in [-0.3, -0.25) is 19.2 Å². The Bertz CT molecular complexity index is 1180. The number of halogens is 4. The number of carbonyl (C=O) groups excluding carboxylic acids is 2. The van der Waals surface area contributed by atoms with Gasteiger partial charge >= 0.3 is 5.97 Å². The van der Waals surface area contributed by atoms with Crippen LogP contribution in [0.15, 0.2) is 29.2 Å². The zero-order valence-electron chi connectivity index (χ0n) is 19.1. The van der Waals surface area contributed by atoms with E-state index in [0.717, 1.165) is 4.57 Å². The highest BCUT2D eigenvalue weighted by molar-refractivity contribution is 5.88. The summed E-state index contributed by atoms with van der Waals surface area (Å²) in [5.74, 6) is -11.6. The summed E-state index contributed by atoms with van der Waals surface area (Å²) in [7, 11) is 0. The lowest BCUT2D eigenvalue weighted by atomic mass is 10.1. The van der Waals surface area contributed by atoms with Gasteiger partial charge in [-0.2, -0.15) is 8.78 Å². The highest BCUT2D eigenvalue weighted by Crippen LogP contribution is 2.26. The summed E-state index contributed by atoms with van der Waals surface area (Å²) in [5.41, 5.74) is -0.842. The summed E-state index contributed by atoms with van der Waals surface area (Å²) >= 11 is 0. The minimum absolute atomic E-state index is 0.0284. The van der Waals surface area contributed by atoms with E-state index in [4.69, 9.17) is 5.11 Å². The Hall–Kier alpha value is -3.94. The number of carbonyl (C=O) groups is 3. The summed E-state index contributed by atoms with van der Waals surface area (Å²) in [5, 5.41) is 24.1. The zero-order chi connectivity index (χ0) is 27.2. The van der Waals surface area contributed by atoms with Crippen LogP contribution in [-0.4, -0.2) is 51.3 Å². The molecule has 0 saturated carbocycles. The minimum atomic E-state index is -1.91. The molecular weight excluding hydrogens is 494 g/mol. The lowest BCUT2D eigenvalue weighted by molar-refractivity contribution is -0.139. The van der Waals surface area contributed by atoms with E-state index in [9.17, 15) is 41.8 Å². The molecule has 36 heavy (non-hydrogen) atoms. The maximum absolute atomic E-state index is 13.8. The summed E-state index contributed by atoms with van der Waals surface area (Å²) in [6, 6.07) is -0.144. The molecule has 3 atom stereocenters. The third kappa shape index (κ3) is 6.81. The van der Waals surface area contributed by atoms with Gasteiger partial charge in [0.25, 0.3) is 5.56 Å². The van der Waals surface area contributed by atoms with Crippen molar-refractivity contribution in [3.05, 3.63) is 58.0 Å². The number of ether oxygens (including phenoxy) is 1. The van der Waals surface area contributed by atoms with Gasteiger partial charge < -0.3 is 30.2 Å². The SMILES string of the molecule is CCC(C(=O)NC(CC(=O)O)[C@H](O)COc1c(F)c(F)cc(F)c1F)n1cccc(NC(C)=O)c1=O. The van der Waals surface area contributed by atoms with Crippen LogP contribution in [-0.2, 0) is 14.4 Å². The maximum Gasteiger partial charge on any atom is 0.305 e. The average Bonchev–Trinajstić information content (AvgIpc) is 2.79. The second kappa shape index (κ2) is 12.2. The maximum atomic E-state index is 13.8. The molecule has 0 spiro atoms. The number of carboxylic acids is 1. The number of pyridine rings is 1. The first-order valence-corrected chi connectivity index (χ1v) is 10.5. The molecule has 14 heteroatoms. The van der Waals surface area contributed by atoms with Gasteiger partial charge in [0.05, 0.1) is 12.5 Å². The normalized spacial score (nSPS) is 13.4. The summed E-state index contributed by atoms with van der Waals surface area (Å²) in [6.07, 6.45) is -1.50. The molecular formula is C22H23F4N3O7. The van der Waals surface area contributed by atoms with Crippen LogP contribution in [0.1, 0.15) is 32.7 Å². The lowest BCUT2D eigenvalue weighted by Gasteiger charge is -2.26. The topological polar surface area (TPSA) is 147 Å². The number of nitrogens with zero attached hydrogens (tertiary/aromatic N) is 1. The van der Waals surface area contributed by atoms with Crippen LogP contribution >= 0.6 is 0 Å². The van der Waals surface area contributed by atoms with Crippen LogP contribution < -0.4 is 20.9 Å². The molecule has 1 heterocycles. The molecule has 0 aliphatic rings. The van der Waals surface area contributed by atoms with Gasteiger partial charge in [0.2, 0.25) is 23.4 Å². The van der Waals surface area contributed by atoms with E-state index >= 15 is 0 Å². The van der Waals surface area contributed by atoms with Crippen molar-refractivity contribution in [1.82, 2.24) is 9.88 Å². The molecule has 1 aromatic heterocycles. The van der Waals surface area contributed by atoms with Crippen LogP contribution in [0, 0.1) is 23.3 Å². The van der Waals surface area contributed by atoms with E-state index < -0.39 is 83.6 Å². The van der Waals surface area contributed by atoms with E-state index in [1.165, 1.54) is 32.2 Å². The number of carboxylic acid groups (broad SMARTS) is 1. The second-order valence-corrected chi connectivity index (χ2v) is 7.63. The second-order valence-electron chi connectivity index (χ2n) is 7.63. The van der Waals surface area contributed by atoms with Crippen LogP contribution in [0.25, 0.3) is 0 Å². The van der Waals surface area contributed by atoms with Gasteiger partial charge in [-0.25, -0.2) is 8.78 Å².